The molecule has 0 aromatic heterocycles. The summed E-state index contributed by atoms with van der Waals surface area (Å²) in [4.78, 5) is 121. The summed E-state index contributed by atoms with van der Waals surface area (Å²) in [6.07, 6.45) is -0.871. The van der Waals surface area contributed by atoms with Crippen molar-refractivity contribution in [3.05, 3.63) is 65.7 Å². The number of amides is 7. The van der Waals surface area contributed by atoms with E-state index in [4.69, 9.17) is 16.2 Å². The molecule has 2 aromatic rings. The lowest BCUT2D eigenvalue weighted by Crippen LogP contribution is -2.61. The zero-order valence-electron chi connectivity index (χ0n) is 41.1. The third-order valence-electron chi connectivity index (χ3n) is 12.0. The first-order valence-electron chi connectivity index (χ1n) is 23.5. The summed E-state index contributed by atoms with van der Waals surface area (Å²) in [5.41, 5.74) is 11.8. The third-order valence-corrected chi connectivity index (χ3v) is 12.0. The number of hydrogen-bond donors (Lipinski definition) is 9. The van der Waals surface area contributed by atoms with Gasteiger partial charge in [-0.2, -0.15) is 0 Å². The molecule has 2 rings (SSSR count). The summed E-state index contributed by atoms with van der Waals surface area (Å²) in [6, 6.07) is 5.88. The Morgan fingerprint density at radius 2 is 1.33 bits per heavy atom. The number of ether oxygens (including phenoxy) is 1. The molecular weight excluding hydrogens is 893 g/mol. The third kappa shape index (κ3) is 19.6. The number of carbonyl (C=O) groups excluding carboxylic acids is 9. The number of unbranched alkanes of at least 4 members (excludes halogenated alkanes) is 1. The Morgan fingerprint density at radius 1 is 0.739 bits per heavy atom. The number of aliphatic hydroxyl groups excluding tert-OH is 1. The summed E-state index contributed by atoms with van der Waals surface area (Å²) >= 11 is 0. The Kier molecular flexibility index (Phi) is 25.1. The lowest BCUT2D eigenvalue weighted by molar-refractivity contribution is -0.158. The quantitative estimate of drug-likeness (QED) is 0.0224. The lowest BCUT2D eigenvalue weighted by Gasteiger charge is -2.35. The predicted octanol–water partition coefficient (Wildman–Crippen LogP) is 1.48. The highest BCUT2D eigenvalue weighted by atomic mass is 16.5. The number of nitrogens with two attached hydrogens (primary N) is 2. The Labute approximate surface area is 404 Å². The minimum absolute atomic E-state index is 0.0335. The molecule has 382 valence electrons. The summed E-state index contributed by atoms with van der Waals surface area (Å²) in [6.45, 7) is 12.0. The van der Waals surface area contributed by atoms with Crippen molar-refractivity contribution in [3.63, 3.8) is 0 Å². The van der Waals surface area contributed by atoms with Gasteiger partial charge in [-0.1, -0.05) is 84.7 Å². The number of esters is 1. The molecule has 2 unspecified atom stereocenters. The smallest absolute Gasteiger partial charge is 0.329 e. The molecule has 69 heavy (non-hydrogen) atoms. The van der Waals surface area contributed by atoms with E-state index in [2.05, 4.69) is 26.6 Å². The summed E-state index contributed by atoms with van der Waals surface area (Å²) in [5.74, 6) is -7.68. The number of aromatic hydroxyl groups is 1. The molecular formula is C49H74N8O12. The van der Waals surface area contributed by atoms with Crippen LogP contribution in [-0.2, 0) is 49.5 Å². The predicted molar refractivity (Wildman–Crippen MR) is 256 cm³/mol. The second kappa shape index (κ2) is 29.5. The van der Waals surface area contributed by atoms with E-state index in [1.165, 1.54) is 43.1 Å². The Morgan fingerprint density at radius 3 is 1.88 bits per heavy atom. The number of aldehydes is 1. The fourth-order valence-electron chi connectivity index (χ4n) is 7.29. The monoisotopic (exact) mass is 967 g/mol. The number of likely N-dealkylation sites (N-methyl/N-ethyl adjacent to an activating group) is 1. The molecule has 0 aliphatic carbocycles. The van der Waals surface area contributed by atoms with Gasteiger partial charge in [0.05, 0.1) is 6.04 Å². The van der Waals surface area contributed by atoms with Gasteiger partial charge in [0.15, 0.2) is 0 Å². The Bertz CT molecular complexity index is 2020. The number of phenolic OH excluding ortho intramolecular Hbond substituents is 1. The van der Waals surface area contributed by atoms with E-state index in [1.54, 1.807) is 58.0 Å². The number of phenols is 1. The van der Waals surface area contributed by atoms with Gasteiger partial charge in [0, 0.05) is 31.9 Å². The number of benzene rings is 2. The van der Waals surface area contributed by atoms with Crippen molar-refractivity contribution in [1.29, 1.82) is 0 Å². The molecule has 2 aromatic carbocycles. The van der Waals surface area contributed by atoms with Crippen molar-refractivity contribution in [2.75, 3.05) is 7.05 Å². The average molecular weight is 967 g/mol. The Hall–Kier alpha value is -6.41. The maximum absolute atomic E-state index is 14.6. The van der Waals surface area contributed by atoms with Crippen molar-refractivity contribution >= 4 is 53.6 Å². The number of carbonyl (C=O) groups is 9. The van der Waals surface area contributed by atoms with Crippen LogP contribution in [0.15, 0.2) is 54.6 Å². The maximum atomic E-state index is 14.6. The second-order valence-corrected chi connectivity index (χ2v) is 18.0. The molecule has 0 radical (unpaired) electrons. The zero-order chi connectivity index (χ0) is 52.0. The molecule has 0 saturated heterocycles. The van der Waals surface area contributed by atoms with E-state index in [0.717, 1.165) is 6.29 Å². The van der Waals surface area contributed by atoms with Gasteiger partial charge >= 0.3 is 5.97 Å². The fraction of sp³-hybridized carbons (Fsp3) is 0.571. The topological polar surface area (TPSA) is 319 Å². The molecule has 20 nitrogen and oxygen atoms in total. The second-order valence-electron chi connectivity index (χ2n) is 18.0. The fourth-order valence-corrected chi connectivity index (χ4v) is 7.29. The molecule has 0 aliphatic heterocycles. The SMILES string of the molecule is CCC(C)[C@H](NC(=O)[C@H](Cc1ccc(O)cc1)N(C)C(=O)[C@@H](N[C@@H](O)CCCC=O)C(C)CC)C(=O)O[C@H](C)[C@H](NC(=O)[C@H](CCC(N)=O)NC(=O)c1ccccc1)C(=O)N[C@@H](CC(C)C)C(N)=O. The van der Waals surface area contributed by atoms with Gasteiger partial charge in [-0.05, 0) is 80.2 Å². The van der Waals surface area contributed by atoms with Crippen LogP contribution in [0, 0.1) is 17.8 Å². The molecule has 0 fully saturated rings. The van der Waals surface area contributed by atoms with Crippen LogP contribution in [0.5, 0.6) is 5.75 Å². The molecule has 20 heteroatoms. The summed E-state index contributed by atoms with van der Waals surface area (Å²) in [5, 5.41) is 34.1. The molecule has 0 bridgehead atoms. The average Bonchev–Trinajstić information content (AvgIpc) is 3.31. The van der Waals surface area contributed by atoms with Crippen LogP contribution in [0.2, 0.25) is 0 Å². The van der Waals surface area contributed by atoms with Gasteiger partial charge in [0.1, 0.15) is 54.6 Å². The Balaban J connectivity index is 2.58. The van der Waals surface area contributed by atoms with Gasteiger partial charge in [0.25, 0.3) is 5.91 Å². The van der Waals surface area contributed by atoms with Gasteiger partial charge in [-0.3, -0.25) is 38.9 Å². The molecule has 0 saturated carbocycles. The molecule has 0 aliphatic rings. The largest absolute Gasteiger partial charge is 0.508 e. The van der Waals surface area contributed by atoms with Crippen LogP contribution in [0.1, 0.15) is 116 Å². The molecule has 10 atom stereocenters. The van der Waals surface area contributed by atoms with Crippen molar-refractivity contribution in [3.8, 4) is 5.75 Å². The molecule has 0 spiro atoms. The normalized spacial score (nSPS) is 15.6. The summed E-state index contributed by atoms with van der Waals surface area (Å²) < 4.78 is 5.88. The van der Waals surface area contributed by atoms with E-state index in [-0.39, 0.29) is 61.7 Å². The van der Waals surface area contributed by atoms with Crippen molar-refractivity contribution in [2.45, 2.75) is 155 Å². The van der Waals surface area contributed by atoms with Crippen LogP contribution >= 0.6 is 0 Å². The van der Waals surface area contributed by atoms with E-state index in [9.17, 15) is 53.4 Å². The van der Waals surface area contributed by atoms with Gasteiger partial charge < -0.3 is 57.4 Å². The zero-order valence-corrected chi connectivity index (χ0v) is 41.1. The van der Waals surface area contributed by atoms with Crippen LogP contribution in [0.3, 0.4) is 0 Å². The first-order valence-corrected chi connectivity index (χ1v) is 23.5. The molecule has 11 N–H and O–H groups in total. The minimum Gasteiger partial charge on any atom is -0.508 e. The first-order chi connectivity index (χ1) is 32.5. The first kappa shape index (κ1) is 58.7. The number of aliphatic hydroxyl groups is 1. The highest BCUT2D eigenvalue weighted by Crippen LogP contribution is 2.20. The van der Waals surface area contributed by atoms with E-state index in [1.807, 2.05) is 13.8 Å². The van der Waals surface area contributed by atoms with Crippen molar-refractivity contribution < 1.29 is 58.1 Å². The maximum Gasteiger partial charge on any atom is 0.329 e. The van der Waals surface area contributed by atoms with Gasteiger partial charge in [-0.15, -0.1) is 0 Å². The van der Waals surface area contributed by atoms with E-state index >= 15 is 0 Å². The number of nitrogens with one attached hydrogen (secondary N) is 5. The van der Waals surface area contributed by atoms with Crippen LogP contribution in [0.4, 0.5) is 0 Å². The number of rotatable bonds is 31. The molecule has 7 amide bonds. The lowest BCUT2D eigenvalue weighted by atomic mass is 9.95. The highest BCUT2D eigenvalue weighted by Gasteiger charge is 2.40. The van der Waals surface area contributed by atoms with Crippen LogP contribution in [-0.4, -0.2) is 124 Å². The standard InChI is InChI=1S/C49H74N8O12/c1-9-29(5)40(54-39(61)18-14-15-25-58)48(67)57(8)37(27-32-19-21-34(59)22-20-32)46(65)55-41(30(6)10-2)49(68)69-31(7)42(47(66)53-36(43(51)62)26-28(3)4)56-45(64)35(23-24-38(50)60)52-44(63)33-16-12-11-13-17-33/h11-13,16-17,19-22,25,28-31,35-37,39-42,54,59,61H,9-10,14-15,18,23-24,26-27H2,1-8H3,(H2,50,60)(H2,51,62)(H,52,63)(H,53,66)(H,55,65)(H,56,64)/t29?,30?,31-,35+,36+,37+,39+,40+,41+,42+/m1/s1. The van der Waals surface area contributed by atoms with Crippen molar-refractivity contribution in [2.24, 2.45) is 29.2 Å². The van der Waals surface area contributed by atoms with Gasteiger partial charge in [-0.25, -0.2) is 4.79 Å². The van der Waals surface area contributed by atoms with E-state index < -0.39 is 102 Å². The highest BCUT2D eigenvalue weighted by molar-refractivity contribution is 5.99. The van der Waals surface area contributed by atoms with Crippen LogP contribution in [0.25, 0.3) is 0 Å². The summed E-state index contributed by atoms with van der Waals surface area (Å²) in [7, 11) is 1.42. The molecule has 0 heterocycles. The van der Waals surface area contributed by atoms with E-state index in [0.29, 0.717) is 24.8 Å². The van der Waals surface area contributed by atoms with Crippen molar-refractivity contribution in [1.82, 2.24) is 31.5 Å². The number of nitrogens with zero attached hydrogens (tertiary/aromatic N) is 1. The minimum atomic E-state index is -1.74. The number of hydrogen-bond acceptors (Lipinski definition) is 13. The van der Waals surface area contributed by atoms with Gasteiger partial charge in [0.2, 0.25) is 35.4 Å². The van der Waals surface area contributed by atoms with Crippen LogP contribution < -0.4 is 38.1 Å². The number of primary amides is 2.